The molecule has 1 aliphatic heterocycles. The topological polar surface area (TPSA) is 86.7 Å². The minimum absolute atomic E-state index is 0.00172. The number of hydrogen-bond acceptors (Lipinski definition) is 8. The van der Waals surface area contributed by atoms with Crippen molar-refractivity contribution in [1.82, 2.24) is 0 Å². The number of ketones is 2. The molecule has 37 heavy (non-hydrogen) atoms. The van der Waals surface area contributed by atoms with Crippen LogP contribution in [0.25, 0.3) is 10.8 Å². The van der Waals surface area contributed by atoms with E-state index >= 15 is 0 Å². The number of hydrogen-bond donors (Lipinski definition) is 0. The number of rotatable bonds is 4. The average molecular weight is 531 g/mol. The summed E-state index contributed by atoms with van der Waals surface area (Å²) in [5.74, 6) is -0.166. The van der Waals surface area contributed by atoms with Crippen LogP contribution in [0.1, 0.15) is 46.4 Å². The van der Waals surface area contributed by atoms with Crippen molar-refractivity contribution in [2.45, 2.75) is 35.5 Å². The summed E-state index contributed by atoms with van der Waals surface area (Å²) in [6.45, 7) is 0. The second-order valence-electron chi connectivity index (χ2n) is 9.31. The van der Waals surface area contributed by atoms with Crippen molar-refractivity contribution in [3.63, 3.8) is 0 Å². The number of thioether (sulfide) groups is 2. The van der Waals surface area contributed by atoms with E-state index in [1.165, 1.54) is 23.5 Å². The van der Waals surface area contributed by atoms with Crippen molar-refractivity contribution in [1.29, 1.82) is 0 Å². The van der Waals surface area contributed by atoms with E-state index in [-0.39, 0.29) is 34.9 Å². The van der Waals surface area contributed by atoms with Gasteiger partial charge in [-0.25, -0.2) is 0 Å². The SMILES string of the molecule is COc1c2c(c(OC(=O)C3CCC(C=O)CC3)c3ccccc13)SC(=C1C(=O)c3ccccc3C1=O)S2. The van der Waals surface area contributed by atoms with Crippen molar-refractivity contribution in [2.75, 3.05) is 7.11 Å². The Bertz CT molecular complexity index is 1490. The van der Waals surface area contributed by atoms with Crippen LogP contribution < -0.4 is 9.47 Å². The van der Waals surface area contributed by atoms with Crippen LogP contribution in [-0.2, 0) is 9.59 Å². The first-order valence-corrected chi connectivity index (χ1v) is 13.7. The maximum Gasteiger partial charge on any atom is 0.314 e. The number of ether oxygens (including phenoxy) is 2. The van der Waals surface area contributed by atoms with Gasteiger partial charge in [-0.2, -0.15) is 0 Å². The van der Waals surface area contributed by atoms with E-state index in [1.54, 1.807) is 31.4 Å². The van der Waals surface area contributed by atoms with Gasteiger partial charge in [0.05, 0.1) is 32.6 Å². The van der Waals surface area contributed by atoms with Crippen LogP contribution >= 0.6 is 23.5 Å². The lowest BCUT2D eigenvalue weighted by molar-refractivity contribution is -0.140. The number of esters is 1. The molecule has 0 amide bonds. The molecule has 1 heterocycles. The van der Waals surface area contributed by atoms with E-state index in [2.05, 4.69) is 0 Å². The Hall–Kier alpha value is -3.36. The van der Waals surface area contributed by atoms with E-state index < -0.39 is 0 Å². The first-order valence-electron chi connectivity index (χ1n) is 12.1. The lowest BCUT2D eigenvalue weighted by Crippen LogP contribution is -2.26. The maximum atomic E-state index is 13.3. The first kappa shape index (κ1) is 24.0. The third-order valence-electron chi connectivity index (χ3n) is 7.20. The van der Waals surface area contributed by atoms with Gasteiger partial charge in [-0.1, -0.05) is 72.1 Å². The Labute approximate surface area is 221 Å². The minimum atomic E-state index is -0.325. The number of methoxy groups -OCH3 is 1. The van der Waals surface area contributed by atoms with Gasteiger partial charge in [0, 0.05) is 27.8 Å². The molecule has 6 nitrogen and oxygen atoms in total. The zero-order valence-corrected chi connectivity index (χ0v) is 21.6. The molecule has 0 radical (unpaired) electrons. The number of benzene rings is 3. The zero-order chi connectivity index (χ0) is 25.7. The fourth-order valence-corrected chi connectivity index (χ4v) is 8.00. The Morgan fingerprint density at radius 1 is 0.838 bits per heavy atom. The normalized spacial score (nSPS) is 20.7. The van der Waals surface area contributed by atoms with Gasteiger partial charge in [0.25, 0.3) is 0 Å². The van der Waals surface area contributed by atoms with Crippen molar-refractivity contribution >= 4 is 58.1 Å². The average Bonchev–Trinajstić information content (AvgIpc) is 3.47. The molecule has 0 aromatic heterocycles. The third kappa shape index (κ3) is 3.90. The van der Waals surface area contributed by atoms with Gasteiger partial charge in [-0.05, 0) is 25.7 Å². The van der Waals surface area contributed by atoms with Gasteiger partial charge in [-0.3, -0.25) is 14.4 Å². The van der Waals surface area contributed by atoms with Crippen LogP contribution in [0.5, 0.6) is 11.5 Å². The number of Topliss-reactive ketones (excluding diaryl/α,β-unsaturated/α-hetero) is 2. The molecule has 3 aliphatic rings. The van der Waals surface area contributed by atoms with Gasteiger partial charge in [0.15, 0.2) is 17.3 Å². The molecule has 0 bridgehead atoms. The van der Waals surface area contributed by atoms with Crippen LogP contribution in [0.15, 0.2) is 68.1 Å². The van der Waals surface area contributed by atoms with Crippen molar-refractivity contribution in [3.05, 3.63) is 69.5 Å². The highest BCUT2D eigenvalue weighted by molar-refractivity contribution is 8.25. The molecule has 2 aliphatic carbocycles. The number of aldehydes is 1. The second-order valence-corrected chi connectivity index (χ2v) is 11.6. The summed E-state index contributed by atoms with van der Waals surface area (Å²) in [5.41, 5.74) is 0.951. The smallest absolute Gasteiger partial charge is 0.314 e. The molecule has 6 rings (SSSR count). The van der Waals surface area contributed by atoms with Crippen LogP contribution in [0.2, 0.25) is 0 Å². The summed E-state index contributed by atoms with van der Waals surface area (Å²) in [5, 5.41) is 1.50. The molecule has 0 spiro atoms. The van der Waals surface area contributed by atoms with Crippen LogP contribution in [0, 0.1) is 11.8 Å². The van der Waals surface area contributed by atoms with Gasteiger partial charge in [-0.15, -0.1) is 0 Å². The van der Waals surface area contributed by atoms with Gasteiger partial charge < -0.3 is 14.3 Å². The lowest BCUT2D eigenvalue weighted by atomic mass is 9.83. The summed E-state index contributed by atoms with van der Waals surface area (Å²) in [7, 11) is 1.58. The molecule has 3 aromatic carbocycles. The Kier molecular flexibility index (Phi) is 6.16. The highest BCUT2D eigenvalue weighted by Crippen LogP contribution is 2.62. The molecule has 1 fully saturated rings. The molecule has 186 valence electrons. The standard InChI is InChI=1S/C29H22O6S2/c1-34-24-19-8-4-5-9-20(19)25(35-28(33)16-12-10-15(14-30)11-13-16)27-26(24)36-29(37-27)21-22(31)17-6-2-3-7-18(17)23(21)32/h2-9,14-16H,10-13H2,1H3. The largest absolute Gasteiger partial charge is 0.495 e. The number of carbonyl (C=O) groups excluding carboxylic acids is 4. The minimum Gasteiger partial charge on any atom is -0.495 e. The summed E-state index contributed by atoms with van der Waals surface area (Å²) >= 11 is 2.58. The van der Waals surface area contributed by atoms with E-state index in [0.29, 0.717) is 57.4 Å². The van der Waals surface area contributed by atoms with Crippen molar-refractivity contribution < 1.29 is 28.7 Å². The molecule has 0 unspecified atom stereocenters. The molecular weight excluding hydrogens is 508 g/mol. The summed E-state index contributed by atoms with van der Waals surface area (Å²) in [4.78, 5) is 52.2. The maximum absolute atomic E-state index is 13.3. The zero-order valence-electron chi connectivity index (χ0n) is 19.9. The van der Waals surface area contributed by atoms with Crippen LogP contribution in [0.4, 0.5) is 0 Å². The number of fused-ring (bicyclic) bond motifs is 3. The van der Waals surface area contributed by atoms with Crippen molar-refractivity contribution in [2.24, 2.45) is 11.8 Å². The Morgan fingerprint density at radius 2 is 1.38 bits per heavy atom. The van der Waals surface area contributed by atoms with Crippen LogP contribution in [-0.4, -0.2) is 30.9 Å². The summed E-state index contributed by atoms with van der Waals surface area (Å²) in [6.07, 6.45) is 3.54. The fourth-order valence-electron chi connectivity index (χ4n) is 5.24. The summed E-state index contributed by atoms with van der Waals surface area (Å²) < 4.78 is 12.4. The van der Waals surface area contributed by atoms with Crippen molar-refractivity contribution in [3.8, 4) is 11.5 Å². The van der Waals surface area contributed by atoms with Gasteiger partial charge in [0.2, 0.25) is 0 Å². The Morgan fingerprint density at radius 3 is 1.95 bits per heavy atom. The number of carbonyl (C=O) groups is 4. The second kappa shape index (κ2) is 9.50. The van der Waals surface area contributed by atoms with Gasteiger partial charge >= 0.3 is 5.97 Å². The van der Waals surface area contributed by atoms with Gasteiger partial charge in [0.1, 0.15) is 12.0 Å². The third-order valence-corrected chi connectivity index (χ3v) is 9.80. The predicted molar refractivity (Wildman–Crippen MR) is 141 cm³/mol. The quantitative estimate of drug-likeness (QED) is 0.129. The van der Waals surface area contributed by atoms with E-state index in [9.17, 15) is 19.2 Å². The Balaban J connectivity index is 1.43. The molecular formula is C29H22O6S2. The molecule has 0 N–H and O–H groups in total. The molecule has 0 atom stereocenters. The first-order chi connectivity index (χ1) is 18.0. The fraction of sp³-hybridized carbons (Fsp3) is 0.241. The van der Waals surface area contributed by atoms with Crippen LogP contribution in [0.3, 0.4) is 0 Å². The highest BCUT2D eigenvalue weighted by atomic mass is 32.2. The number of allylic oxidation sites excluding steroid dienone is 1. The molecule has 0 saturated heterocycles. The van der Waals surface area contributed by atoms with E-state index in [0.717, 1.165) is 22.0 Å². The van der Waals surface area contributed by atoms with E-state index in [4.69, 9.17) is 9.47 Å². The predicted octanol–water partition coefficient (Wildman–Crippen LogP) is 6.25. The summed E-state index contributed by atoms with van der Waals surface area (Å²) in [6, 6.07) is 14.4. The monoisotopic (exact) mass is 530 g/mol. The van der Waals surface area contributed by atoms with E-state index in [1.807, 2.05) is 24.3 Å². The highest BCUT2D eigenvalue weighted by Gasteiger charge is 2.40. The molecule has 8 heteroatoms. The molecule has 1 saturated carbocycles. The molecule has 3 aromatic rings. The lowest BCUT2D eigenvalue weighted by Gasteiger charge is -2.24.